The highest BCUT2D eigenvalue weighted by Gasteiger charge is 2.28. The molecule has 3 rings (SSSR count). The lowest BCUT2D eigenvalue weighted by Gasteiger charge is -2.27. The molecular formula is C28H36N2O5. The van der Waals surface area contributed by atoms with Gasteiger partial charge in [-0.05, 0) is 74.1 Å². The number of ether oxygens (including phenoxy) is 3. The molecule has 0 bridgehead atoms. The third-order valence-corrected chi connectivity index (χ3v) is 6.16. The molecule has 7 nitrogen and oxygen atoms in total. The standard InChI is InChI=1S/C28H36N2O5/c1-2-3-4-17-33-24-13-8-21(9-14-24)28(32)35-25-11-5-20(6-12-25)7-16-27(31)34-19-22-18-23(29)10-15-26(22)30/h5-7,10-12,15-16,18,21,24H,2-4,8-9,13-14,17,19,29-30H2,1H3. The molecule has 0 amide bonds. The Morgan fingerprint density at radius 3 is 2.46 bits per heavy atom. The van der Waals surface area contributed by atoms with Gasteiger partial charge in [-0.3, -0.25) is 4.79 Å². The minimum absolute atomic E-state index is 0.0435. The predicted octanol–water partition coefficient (Wildman–Crippen LogP) is 5.28. The number of carbonyl (C=O) groups excluding carboxylic acids is 2. The Labute approximate surface area is 207 Å². The van der Waals surface area contributed by atoms with E-state index in [1.54, 1.807) is 48.5 Å². The van der Waals surface area contributed by atoms with Gasteiger partial charge in [-0.1, -0.05) is 31.9 Å². The number of unbranched alkanes of at least 4 members (excludes halogenated alkanes) is 2. The van der Waals surface area contributed by atoms with Crippen molar-refractivity contribution < 1.29 is 23.8 Å². The fourth-order valence-electron chi connectivity index (χ4n) is 4.03. The number of nitrogen functional groups attached to an aromatic ring is 2. The Balaban J connectivity index is 1.40. The average Bonchev–Trinajstić information content (AvgIpc) is 2.87. The molecule has 1 saturated carbocycles. The van der Waals surface area contributed by atoms with Crippen LogP contribution in [0.1, 0.15) is 63.0 Å². The van der Waals surface area contributed by atoms with E-state index >= 15 is 0 Å². The first kappa shape index (κ1) is 26.3. The van der Waals surface area contributed by atoms with Gasteiger partial charge < -0.3 is 25.7 Å². The number of benzene rings is 2. The fraction of sp³-hybridized carbons (Fsp3) is 0.429. The summed E-state index contributed by atoms with van der Waals surface area (Å²) in [5.41, 5.74) is 14.1. The van der Waals surface area contributed by atoms with Gasteiger partial charge in [0, 0.05) is 29.6 Å². The van der Waals surface area contributed by atoms with Gasteiger partial charge in [0.1, 0.15) is 12.4 Å². The summed E-state index contributed by atoms with van der Waals surface area (Å²) in [4.78, 5) is 24.6. The van der Waals surface area contributed by atoms with Crippen LogP contribution in [0.25, 0.3) is 6.08 Å². The van der Waals surface area contributed by atoms with Gasteiger partial charge in [0.05, 0.1) is 12.0 Å². The van der Waals surface area contributed by atoms with E-state index in [-0.39, 0.29) is 24.6 Å². The van der Waals surface area contributed by atoms with Crippen molar-refractivity contribution in [3.05, 3.63) is 59.7 Å². The van der Waals surface area contributed by atoms with Crippen molar-refractivity contribution in [1.29, 1.82) is 0 Å². The zero-order valence-corrected chi connectivity index (χ0v) is 20.4. The molecule has 1 fully saturated rings. The van der Waals surface area contributed by atoms with E-state index in [0.717, 1.165) is 44.3 Å². The van der Waals surface area contributed by atoms with E-state index in [2.05, 4.69) is 6.92 Å². The van der Waals surface area contributed by atoms with Crippen LogP contribution >= 0.6 is 0 Å². The minimum Gasteiger partial charge on any atom is -0.458 e. The molecule has 0 heterocycles. The third-order valence-electron chi connectivity index (χ3n) is 6.16. The Kier molecular flexibility index (Phi) is 10.2. The number of carbonyl (C=O) groups is 2. The SMILES string of the molecule is CCCCCOC1CCC(C(=O)Oc2ccc(C=CC(=O)OCc3cc(N)ccc3N)cc2)CC1. The van der Waals surface area contributed by atoms with Gasteiger partial charge in [0.15, 0.2) is 0 Å². The maximum atomic E-state index is 12.6. The number of nitrogens with two attached hydrogens (primary N) is 2. The van der Waals surface area contributed by atoms with Gasteiger partial charge in [-0.2, -0.15) is 0 Å². The number of esters is 2. The molecule has 2 aromatic rings. The normalized spacial score (nSPS) is 17.9. The van der Waals surface area contributed by atoms with E-state index in [1.165, 1.54) is 18.9 Å². The highest BCUT2D eigenvalue weighted by molar-refractivity contribution is 5.87. The van der Waals surface area contributed by atoms with Gasteiger partial charge >= 0.3 is 11.9 Å². The minimum atomic E-state index is -0.493. The van der Waals surface area contributed by atoms with E-state index in [4.69, 9.17) is 25.7 Å². The maximum absolute atomic E-state index is 12.6. The van der Waals surface area contributed by atoms with Crippen molar-refractivity contribution in [2.24, 2.45) is 5.92 Å². The molecule has 1 aliphatic carbocycles. The monoisotopic (exact) mass is 480 g/mol. The Morgan fingerprint density at radius 1 is 1.00 bits per heavy atom. The number of hydrogen-bond donors (Lipinski definition) is 2. The van der Waals surface area contributed by atoms with Crippen LogP contribution in [0.3, 0.4) is 0 Å². The second-order valence-corrected chi connectivity index (χ2v) is 8.94. The lowest BCUT2D eigenvalue weighted by molar-refractivity contribution is -0.141. The van der Waals surface area contributed by atoms with Crippen molar-refractivity contribution in [2.75, 3.05) is 18.1 Å². The summed E-state index contributed by atoms with van der Waals surface area (Å²) < 4.78 is 16.7. The predicted molar refractivity (Wildman–Crippen MR) is 137 cm³/mol. The van der Waals surface area contributed by atoms with Crippen molar-refractivity contribution >= 4 is 29.4 Å². The van der Waals surface area contributed by atoms with Gasteiger partial charge in [0.25, 0.3) is 0 Å². The molecule has 7 heteroatoms. The van der Waals surface area contributed by atoms with Gasteiger partial charge in [0.2, 0.25) is 0 Å². The van der Waals surface area contributed by atoms with Crippen molar-refractivity contribution in [2.45, 2.75) is 64.6 Å². The molecule has 0 atom stereocenters. The molecule has 0 aliphatic heterocycles. The quantitative estimate of drug-likeness (QED) is 0.148. The summed E-state index contributed by atoms with van der Waals surface area (Å²) in [6.07, 6.45) is 10.1. The Hall–Kier alpha value is -3.32. The molecular weight excluding hydrogens is 444 g/mol. The zero-order chi connectivity index (χ0) is 25.0. The molecule has 0 aromatic heterocycles. The van der Waals surface area contributed by atoms with Crippen LogP contribution in [0.5, 0.6) is 5.75 Å². The van der Waals surface area contributed by atoms with Gasteiger partial charge in [-0.25, -0.2) is 4.79 Å². The van der Waals surface area contributed by atoms with E-state index in [9.17, 15) is 9.59 Å². The summed E-state index contributed by atoms with van der Waals surface area (Å²) in [7, 11) is 0. The molecule has 0 radical (unpaired) electrons. The van der Waals surface area contributed by atoms with Crippen molar-refractivity contribution in [1.82, 2.24) is 0 Å². The molecule has 0 spiro atoms. The van der Waals surface area contributed by atoms with Crippen LogP contribution in [0, 0.1) is 5.92 Å². The zero-order valence-electron chi connectivity index (χ0n) is 20.4. The van der Waals surface area contributed by atoms with Crippen LogP contribution in [-0.4, -0.2) is 24.6 Å². The molecule has 2 aromatic carbocycles. The van der Waals surface area contributed by atoms with Crippen LogP contribution in [-0.2, 0) is 25.7 Å². The first-order valence-corrected chi connectivity index (χ1v) is 12.4. The largest absolute Gasteiger partial charge is 0.458 e. The van der Waals surface area contributed by atoms with Crippen LogP contribution in [0.15, 0.2) is 48.5 Å². The van der Waals surface area contributed by atoms with Crippen LogP contribution < -0.4 is 16.2 Å². The molecule has 0 saturated heterocycles. The topological polar surface area (TPSA) is 114 Å². The summed E-state index contributed by atoms with van der Waals surface area (Å²) in [6, 6.07) is 12.1. The van der Waals surface area contributed by atoms with Crippen molar-refractivity contribution in [3.8, 4) is 5.75 Å². The summed E-state index contributed by atoms with van der Waals surface area (Å²) in [6.45, 7) is 3.03. The number of rotatable bonds is 11. The Bertz CT molecular complexity index is 995. The third kappa shape index (κ3) is 8.76. The maximum Gasteiger partial charge on any atom is 0.331 e. The molecule has 4 N–H and O–H groups in total. The van der Waals surface area contributed by atoms with Crippen LogP contribution in [0.4, 0.5) is 11.4 Å². The van der Waals surface area contributed by atoms with E-state index in [1.807, 2.05) is 0 Å². The van der Waals surface area contributed by atoms with E-state index in [0.29, 0.717) is 22.7 Å². The number of anilines is 2. The molecule has 35 heavy (non-hydrogen) atoms. The number of hydrogen-bond acceptors (Lipinski definition) is 7. The lowest BCUT2D eigenvalue weighted by Crippen LogP contribution is -2.29. The van der Waals surface area contributed by atoms with Crippen molar-refractivity contribution in [3.63, 3.8) is 0 Å². The van der Waals surface area contributed by atoms with Crippen LogP contribution in [0.2, 0.25) is 0 Å². The van der Waals surface area contributed by atoms with E-state index < -0.39 is 5.97 Å². The molecule has 188 valence electrons. The summed E-state index contributed by atoms with van der Waals surface area (Å²) >= 11 is 0. The highest BCUT2D eigenvalue weighted by Crippen LogP contribution is 2.28. The highest BCUT2D eigenvalue weighted by atomic mass is 16.5. The average molecular weight is 481 g/mol. The summed E-state index contributed by atoms with van der Waals surface area (Å²) in [5, 5.41) is 0. The first-order chi connectivity index (χ1) is 16.9. The second kappa shape index (κ2) is 13.5. The Morgan fingerprint density at radius 2 is 1.74 bits per heavy atom. The van der Waals surface area contributed by atoms with Gasteiger partial charge in [-0.15, -0.1) is 0 Å². The summed E-state index contributed by atoms with van der Waals surface area (Å²) in [5.74, 6) is -0.284. The molecule has 1 aliphatic rings. The first-order valence-electron chi connectivity index (χ1n) is 12.4. The smallest absolute Gasteiger partial charge is 0.331 e. The second-order valence-electron chi connectivity index (χ2n) is 8.94. The lowest BCUT2D eigenvalue weighted by atomic mass is 9.87. The molecule has 0 unspecified atom stereocenters. The fourth-order valence-corrected chi connectivity index (χ4v) is 4.03.